The van der Waals surface area contributed by atoms with E-state index in [2.05, 4.69) is 12.2 Å². The minimum Gasteiger partial charge on any atom is -0.452 e. The van der Waals surface area contributed by atoms with Crippen molar-refractivity contribution in [3.05, 3.63) is 38.9 Å². The Morgan fingerprint density at radius 3 is 2.75 bits per heavy atom. The standard InChI is InChI=1S/C16H19ClN2O5/c1-10-4-2-3-5-13(10)18-15(20)9-24-16(21)11-6-7-12(17)14(8-11)19(22)23/h6-8,10,13H,2-5,9H2,1H3,(H,18,20)/t10-,13+/m0/s1. The minimum absolute atomic E-state index is 0.0232. The molecule has 1 aliphatic carbocycles. The molecule has 1 fully saturated rings. The van der Waals surface area contributed by atoms with Crippen LogP contribution < -0.4 is 5.32 Å². The molecule has 1 aromatic rings. The summed E-state index contributed by atoms with van der Waals surface area (Å²) in [4.78, 5) is 34.0. The fourth-order valence-corrected chi connectivity index (χ4v) is 2.96. The Morgan fingerprint density at radius 1 is 1.38 bits per heavy atom. The van der Waals surface area contributed by atoms with E-state index < -0.39 is 17.5 Å². The number of halogens is 1. The highest BCUT2D eigenvalue weighted by Crippen LogP contribution is 2.25. The van der Waals surface area contributed by atoms with Gasteiger partial charge in [-0.3, -0.25) is 14.9 Å². The van der Waals surface area contributed by atoms with Crippen molar-refractivity contribution in [2.24, 2.45) is 5.92 Å². The van der Waals surface area contributed by atoms with Gasteiger partial charge in [-0.05, 0) is 30.9 Å². The van der Waals surface area contributed by atoms with Crippen molar-refractivity contribution in [1.82, 2.24) is 5.32 Å². The number of esters is 1. The molecule has 1 aromatic carbocycles. The van der Waals surface area contributed by atoms with Gasteiger partial charge in [0.05, 0.1) is 10.5 Å². The van der Waals surface area contributed by atoms with Crippen LogP contribution in [0, 0.1) is 16.0 Å². The summed E-state index contributed by atoms with van der Waals surface area (Å²) in [6.45, 7) is 1.67. The molecule has 130 valence electrons. The lowest BCUT2D eigenvalue weighted by molar-refractivity contribution is -0.384. The Morgan fingerprint density at radius 2 is 2.08 bits per heavy atom. The van der Waals surface area contributed by atoms with E-state index >= 15 is 0 Å². The molecule has 0 aliphatic heterocycles. The Hall–Kier alpha value is -2.15. The quantitative estimate of drug-likeness (QED) is 0.497. The fraction of sp³-hybridized carbons (Fsp3) is 0.500. The van der Waals surface area contributed by atoms with Crippen molar-refractivity contribution < 1.29 is 19.2 Å². The molecule has 7 nitrogen and oxygen atoms in total. The number of amides is 1. The van der Waals surface area contributed by atoms with Crippen LogP contribution >= 0.6 is 11.6 Å². The molecule has 0 unspecified atom stereocenters. The third kappa shape index (κ3) is 4.67. The molecule has 1 aliphatic rings. The number of nitro benzene ring substituents is 1. The average molecular weight is 355 g/mol. The average Bonchev–Trinajstić information content (AvgIpc) is 2.55. The number of ether oxygens (including phenoxy) is 1. The zero-order valence-corrected chi connectivity index (χ0v) is 14.0. The van der Waals surface area contributed by atoms with E-state index in [4.69, 9.17) is 16.3 Å². The van der Waals surface area contributed by atoms with Crippen molar-refractivity contribution in [2.75, 3.05) is 6.61 Å². The van der Waals surface area contributed by atoms with Gasteiger partial charge in [-0.15, -0.1) is 0 Å². The molecule has 1 saturated carbocycles. The van der Waals surface area contributed by atoms with Crippen molar-refractivity contribution in [1.29, 1.82) is 0 Å². The molecular weight excluding hydrogens is 336 g/mol. The first-order valence-electron chi connectivity index (χ1n) is 7.79. The molecule has 0 spiro atoms. The summed E-state index contributed by atoms with van der Waals surface area (Å²) in [6.07, 6.45) is 4.23. The van der Waals surface area contributed by atoms with Gasteiger partial charge in [-0.25, -0.2) is 4.79 Å². The van der Waals surface area contributed by atoms with Crippen LogP contribution in [0.2, 0.25) is 5.02 Å². The molecule has 2 rings (SSSR count). The largest absolute Gasteiger partial charge is 0.452 e. The maximum Gasteiger partial charge on any atom is 0.338 e. The number of nitrogens with one attached hydrogen (secondary N) is 1. The monoisotopic (exact) mass is 354 g/mol. The molecule has 24 heavy (non-hydrogen) atoms. The molecule has 1 N–H and O–H groups in total. The molecule has 0 aromatic heterocycles. The smallest absolute Gasteiger partial charge is 0.338 e. The van der Waals surface area contributed by atoms with Crippen LogP contribution in [-0.4, -0.2) is 29.4 Å². The highest BCUT2D eigenvalue weighted by atomic mass is 35.5. The van der Waals surface area contributed by atoms with Crippen molar-refractivity contribution in [2.45, 2.75) is 38.6 Å². The number of hydrogen-bond acceptors (Lipinski definition) is 5. The predicted octanol–water partition coefficient (Wildman–Crippen LogP) is 3.10. The lowest BCUT2D eigenvalue weighted by atomic mass is 9.86. The van der Waals surface area contributed by atoms with Crippen LogP contribution in [-0.2, 0) is 9.53 Å². The summed E-state index contributed by atoms with van der Waals surface area (Å²) >= 11 is 5.69. The molecule has 8 heteroatoms. The first kappa shape index (κ1) is 18.2. The van der Waals surface area contributed by atoms with Crippen molar-refractivity contribution in [3.63, 3.8) is 0 Å². The first-order chi connectivity index (χ1) is 11.4. The third-order valence-electron chi connectivity index (χ3n) is 4.17. The van der Waals surface area contributed by atoms with E-state index in [1.54, 1.807) is 0 Å². The second-order valence-corrected chi connectivity index (χ2v) is 6.34. The predicted molar refractivity (Wildman–Crippen MR) is 88.0 cm³/mol. The molecule has 1 amide bonds. The molecule has 0 heterocycles. The summed E-state index contributed by atoms with van der Waals surface area (Å²) < 4.78 is 4.92. The van der Waals surface area contributed by atoms with Crippen LogP contribution in [0.25, 0.3) is 0 Å². The van der Waals surface area contributed by atoms with E-state index in [1.807, 2.05) is 0 Å². The topological polar surface area (TPSA) is 98.5 Å². The van der Waals surface area contributed by atoms with E-state index in [0.29, 0.717) is 5.92 Å². The molecule has 0 saturated heterocycles. The van der Waals surface area contributed by atoms with Crippen LogP contribution in [0.4, 0.5) is 5.69 Å². The van der Waals surface area contributed by atoms with Gasteiger partial charge in [0.25, 0.3) is 11.6 Å². The van der Waals surface area contributed by atoms with Gasteiger partial charge in [0, 0.05) is 12.1 Å². The van der Waals surface area contributed by atoms with Crippen LogP contribution in [0.15, 0.2) is 18.2 Å². The van der Waals surface area contributed by atoms with Gasteiger partial charge in [0.15, 0.2) is 6.61 Å². The lowest BCUT2D eigenvalue weighted by Gasteiger charge is -2.29. The Bertz CT molecular complexity index is 649. The van der Waals surface area contributed by atoms with Crippen LogP contribution in [0.3, 0.4) is 0 Å². The zero-order chi connectivity index (χ0) is 17.7. The second kappa shape index (κ2) is 8.10. The van der Waals surface area contributed by atoms with Crippen LogP contribution in [0.5, 0.6) is 0 Å². The Kier molecular flexibility index (Phi) is 6.14. The number of nitro groups is 1. The molecular formula is C16H19ClN2O5. The molecule has 2 atom stereocenters. The number of benzene rings is 1. The fourth-order valence-electron chi connectivity index (χ4n) is 2.77. The van der Waals surface area contributed by atoms with Gasteiger partial charge in [0.1, 0.15) is 5.02 Å². The summed E-state index contributed by atoms with van der Waals surface area (Å²) in [5.74, 6) is -0.774. The van der Waals surface area contributed by atoms with Crippen LogP contribution in [0.1, 0.15) is 43.0 Å². The normalized spacial score (nSPS) is 20.2. The summed E-state index contributed by atoms with van der Waals surface area (Å²) in [5, 5.41) is 13.6. The molecule has 0 bridgehead atoms. The summed E-state index contributed by atoms with van der Waals surface area (Å²) in [5.41, 5.74) is -0.406. The Balaban J connectivity index is 1.89. The number of carbonyl (C=O) groups is 2. The lowest BCUT2D eigenvalue weighted by Crippen LogP contribution is -2.42. The number of carbonyl (C=O) groups excluding carboxylic acids is 2. The summed E-state index contributed by atoms with van der Waals surface area (Å²) in [7, 11) is 0. The van der Waals surface area contributed by atoms with E-state index in [1.165, 1.54) is 12.1 Å². The Labute approximate surface area is 144 Å². The van der Waals surface area contributed by atoms with Gasteiger partial charge in [-0.1, -0.05) is 31.4 Å². The molecule has 0 radical (unpaired) electrons. The van der Waals surface area contributed by atoms with E-state index in [0.717, 1.165) is 31.7 Å². The zero-order valence-electron chi connectivity index (χ0n) is 13.3. The maximum absolute atomic E-state index is 11.9. The SMILES string of the molecule is C[C@H]1CCCC[C@H]1NC(=O)COC(=O)c1ccc(Cl)c([N+](=O)[O-])c1. The first-order valence-corrected chi connectivity index (χ1v) is 8.16. The highest BCUT2D eigenvalue weighted by molar-refractivity contribution is 6.32. The van der Waals surface area contributed by atoms with Gasteiger partial charge in [0.2, 0.25) is 0 Å². The third-order valence-corrected chi connectivity index (χ3v) is 4.49. The van der Waals surface area contributed by atoms with Gasteiger partial charge in [-0.2, -0.15) is 0 Å². The van der Waals surface area contributed by atoms with Crippen molar-refractivity contribution in [3.8, 4) is 0 Å². The number of hydrogen-bond donors (Lipinski definition) is 1. The number of nitrogens with zero attached hydrogens (tertiary/aromatic N) is 1. The van der Waals surface area contributed by atoms with Crippen molar-refractivity contribution >= 4 is 29.2 Å². The minimum atomic E-state index is -0.804. The van der Waals surface area contributed by atoms with Gasteiger partial charge >= 0.3 is 5.97 Å². The summed E-state index contributed by atoms with van der Waals surface area (Å²) in [6, 6.07) is 3.70. The van der Waals surface area contributed by atoms with E-state index in [9.17, 15) is 19.7 Å². The maximum atomic E-state index is 11.9. The van der Waals surface area contributed by atoms with E-state index in [-0.39, 0.29) is 28.2 Å². The van der Waals surface area contributed by atoms with Gasteiger partial charge < -0.3 is 10.1 Å². The number of rotatable bonds is 5. The highest BCUT2D eigenvalue weighted by Gasteiger charge is 2.23. The second-order valence-electron chi connectivity index (χ2n) is 5.94.